The lowest BCUT2D eigenvalue weighted by atomic mass is 10.2. The predicted octanol–water partition coefficient (Wildman–Crippen LogP) is 2.72. The van der Waals surface area contributed by atoms with Crippen molar-refractivity contribution >= 4 is 22.7 Å². The van der Waals surface area contributed by atoms with Gasteiger partial charge in [0.05, 0.1) is 18.7 Å². The molecule has 0 spiro atoms. The van der Waals surface area contributed by atoms with E-state index in [-0.39, 0.29) is 0 Å². The fourth-order valence-corrected chi connectivity index (χ4v) is 2.39. The Morgan fingerprint density at radius 3 is 2.96 bits per heavy atom. The topological polar surface area (TPSA) is 66.5 Å². The number of fused-ring (bicyclic) bond motifs is 1. The normalized spacial score (nSPS) is 11.0. The molecule has 0 aliphatic rings. The third-order valence-corrected chi connectivity index (χ3v) is 3.54. The van der Waals surface area contributed by atoms with Crippen LogP contribution in [0.15, 0.2) is 45.7 Å². The van der Waals surface area contributed by atoms with Crippen LogP contribution < -0.4 is 10.5 Å². The van der Waals surface area contributed by atoms with Gasteiger partial charge < -0.3 is 13.9 Å². The van der Waals surface area contributed by atoms with Crippen LogP contribution in [0.1, 0.15) is 5.56 Å². The maximum absolute atomic E-state index is 12.0. The molecule has 2 aromatic heterocycles. The summed E-state index contributed by atoms with van der Waals surface area (Å²) < 4.78 is 17.2. The highest BCUT2D eigenvalue weighted by Crippen LogP contribution is 2.19. The fraction of sp³-hybridized carbons (Fsp3) is 0.250. The van der Waals surface area contributed by atoms with Crippen molar-refractivity contribution in [2.45, 2.75) is 6.54 Å². The molecule has 23 heavy (non-hydrogen) atoms. The van der Waals surface area contributed by atoms with Gasteiger partial charge in [0.25, 0.3) is 0 Å². The van der Waals surface area contributed by atoms with Gasteiger partial charge in [0.1, 0.15) is 6.61 Å². The lowest BCUT2D eigenvalue weighted by molar-refractivity contribution is 0.143. The number of nitrogens with zero attached hydrogens (tertiary/aromatic N) is 2. The zero-order valence-corrected chi connectivity index (χ0v) is 13.2. The van der Waals surface area contributed by atoms with Gasteiger partial charge in [-0.05, 0) is 23.8 Å². The third-order valence-electron chi connectivity index (χ3n) is 3.31. The van der Waals surface area contributed by atoms with Crippen LogP contribution in [-0.2, 0) is 11.3 Å². The number of halogens is 1. The highest BCUT2D eigenvalue weighted by atomic mass is 35.5. The van der Waals surface area contributed by atoms with Crippen LogP contribution in [0.25, 0.3) is 11.1 Å². The Labute approximate surface area is 137 Å². The van der Waals surface area contributed by atoms with Crippen LogP contribution in [0.3, 0.4) is 0 Å². The molecule has 2 heterocycles. The van der Waals surface area contributed by atoms with Crippen molar-refractivity contribution in [3.8, 4) is 5.88 Å². The molecule has 6 nitrogen and oxygen atoms in total. The van der Waals surface area contributed by atoms with Gasteiger partial charge in [0, 0.05) is 30.5 Å². The van der Waals surface area contributed by atoms with Crippen LogP contribution in [0.5, 0.6) is 5.88 Å². The molecule has 0 amide bonds. The molecule has 0 unspecified atom stereocenters. The molecule has 0 saturated heterocycles. The minimum Gasteiger partial charge on any atom is -0.475 e. The lowest BCUT2D eigenvalue weighted by Gasteiger charge is -2.07. The molecule has 0 aliphatic heterocycles. The van der Waals surface area contributed by atoms with Gasteiger partial charge in [-0.25, -0.2) is 9.78 Å². The standard InChI is InChI=1S/C16H15ClN2O4/c1-21-6-7-22-15-8-11(4-5-18-15)10-19-13-3-2-12(17)9-14(13)23-16(19)20/h2-5,8-9H,6-7,10H2,1H3. The van der Waals surface area contributed by atoms with Crippen molar-refractivity contribution in [2.24, 2.45) is 0 Å². The van der Waals surface area contributed by atoms with E-state index in [1.165, 1.54) is 0 Å². The second kappa shape index (κ2) is 6.85. The molecular weight excluding hydrogens is 320 g/mol. The lowest BCUT2D eigenvalue weighted by Crippen LogP contribution is -2.15. The summed E-state index contributed by atoms with van der Waals surface area (Å²) in [5.74, 6) is 0.0596. The minimum absolute atomic E-state index is 0.358. The summed E-state index contributed by atoms with van der Waals surface area (Å²) in [4.78, 5) is 16.2. The average Bonchev–Trinajstić information content (AvgIpc) is 2.83. The number of hydrogen-bond acceptors (Lipinski definition) is 5. The van der Waals surface area contributed by atoms with E-state index in [1.54, 1.807) is 42.1 Å². The van der Waals surface area contributed by atoms with Crippen molar-refractivity contribution < 1.29 is 13.9 Å². The van der Waals surface area contributed by atoms with E-state index in [0.717, 1.165) is 5.56 Å². The molecule has 0 saturated carbocycles. The van der Waals surface area contributed by atoms with E-state index >= 15 is 0 Å². The molecule has 0 fully saturated rings. The third kappa shape index (κ3) is 3.55. The Balaban J connectivity index is 1.86. The van der Waals surface area contributed by atoms with Crippen LogP contribution in [0.2, 0.25) is 5.02 Å². The second-order valence-corrected chi connectivity index (χ2v) is 5.35. The van der Waals surface area contributed by atoms with Crippen LogP contribution >= 0.6 is 11.6 Å². The molecule has 7 heteroatoms. The minimum atomic E-state index is -0.430. The van der Waals surface area contributed by atoms with Gasteiger partial charge in [-0.15, -0.1) is 0 Å². The summed E-state index contributed by atoms with van der Waals surface area (Å²) in [6, 6.07) is 8.72. The molecule has 3 aromatic rings. The van der Waals surface area contributed by atoms with Crippen molar-refractivity contribution in [2.75, 3.05) is 20.3 Å². The van der Waals surface area contributed by atoms with Gasteiger partial charge >= 0.3 is 5.76 Å². The summed E-state index contributed by atoms with van der Waals surface area (Å²) in [6.07, 6.45) is 1.64. The summed E-state index contributed by atoms with van der Waals surface area (Å²) in [7, 11) is 1.61. The predicted molar refractivity (Wildman–Crippen MR) is 86.2 cm³/mol. The number of ether oxygens (including phenoxy) is 2. The van der Waals surface area contributed by atoms with Crippen molar-refractivity contribution in [3.63, 3.8) is 0 Å². The van der Waals surface area contributed by atoms with Crippen LogP contribution in [-0.4, -0.2) is 29.9 Å². The zero-order valence-electron chi connectivity index (χ0n) is 12.5. The number of methoxy groups -OCH3 is 1. The molecule has 0 radical (unpaired) electrons. The molecule has 120 valence electrons. The molecular formula is C16H15ClN2O4. The monoisotopic (exact) mass is 334 g/mol. The summed E-state index contributed by atoms with van der Waals surface area (Å²) in [5.41, 5.74) is 2.04. The maximum Gasteiger partial charge on any atom is 0.420 e. The molecule has 0 aliphatic carbocycles. The number of rotatable bonds is 6. The molecule has 0 bridgehead atoms. The number of pyridine rings is 1. The number of benzene rings is 1. The van der Waals surface area contributed by atoms with Crippen LogP contribution in [0, 0.1) is 0 Å². The SMILES string of the molecule is COCCOc1cc(Cn2c(=O)oc3cc(Cl)ccc32)ccn1. The number of hydrogen-bond donors (Lipinski definition) is 0. The van der Waals surface area contributed by atoms with E-state index in [2.05, 4.69) is 4.98 Å². The van der Waals surface area contributed by atoms with E-state index in [0.29, 0.717) is 41.8 Å². The van der Waals surface area contributed by atoms with Crippen molar-refractivity contribution in [1.29, 1.82) is 0 Å². The summed E-state index contributed by atoms with van der Waals surface area (Å²) >= 11 is 5.92. The van der Waals surface area contributed by atoms with Gasteiger partial charge in [-0.1, -0.05) is 11.6 Å². The summed E-state index contributed by atoms with van der Waals surface area (Å²) in [6.45, 7) is 1.26. The van der Waals surface area contributed by atoms with E-state index in [9.17, 15) is 4.79 Å². The van der Waals surface area contributed by atoms with E-state index < -0.39 is 5.76 Å². The maximum atomic E-state index is 12.0. The Kier molecular flexibility index (Phi) is 4.64. The largest absolute Gasteiger partial charge is 0.475 e. The van der Waals surface area contributed by atoms with Crippen LogP contribution in [0.4, 0.5) is 0 Å². The zero-order chi connectivity index (χ0) is 16.2. The number of oxazole rings is 1. The van der Waals surface area contributed by atoms with Gasteiger partial charge in [-0.3, -0.25) is 4.57 Å². The first-order valence-corrected chi connectivity index (χ1v) is 7.41. The molecule has 0 N–H and O–H groups in total. The first kappa shape index (κ1) is 15.6. The van der Waals surface area contributed by atoms with E-state index in [4.69, 9.17) is 25.5 Å². The van der Waals surface area contributed by atoms with Gasteiger partial charge in [-0.2, -0.15) is 0 Å². The Morgan fingerprint density at radius 2 is 2.13 bits per heavy atom. The fourth-order valence-electron chi connectivity index (χ4n) is 2.23. The Hall–Kier alpha value is -2.31. The average molecular weight is 335 g/mol. The first-order valence-electron chi connectivity index (χ1n) is 7.03. The highest BCUT2D eigenvalue weighted by molar-refractivity contribution is 6.31. The first-order chi connectivity index (χ1) is 11.2. The molecule has 1 aromatic carbocycles. The molecule has 0 atom stereocenters. The van der Waals surface area contributed by atoms with Crippen molar-refractivity contribution in [3.05, 3.63) is 57.7 Å². The second-order valence-electron chi connectivity index (χ2n) is 4.91. The van der Waals surface area contributed by atoms with E-state index in [1.807, 2.05) is 6.07 Å². The van der Waals surface area contributed by atoms with Gasteiger partial charge in [0.15, 0.2) is 5.58 Å². The quantitative estimate of drug-likeness (QED) is 0.648. The Morgan fingerprint density at radius 1 is 1.26 bits per heavy atom. The number of aromatic nitrogens is 2. The van der Waals surface area contributed by atoms with Crippen molar-refractivity contribution in [1.82, 2.24) is 9.55 Å². The van der Waals surface area contributed by atoms with Gasteiger partial charge in [0.2, 0.25) is 5.88 Å². The Bertz CT molecular complexity index is 872. The highest BCUT2D eigenvalue weighted by Gasteiger charge is 2.10. The molecule has 3 rings (SSSR count). The summed E-state index contributed by atoms with van der Waals surface area (Å²) in [5, 5.41) is 0.524. The smallest absolute Gasteiger partial charge is 0.420 e.